The number of amides is 1. The van der Waals surface area contributed by atoms with Crippen LogP contribution in [0.4, 0.5) is 0 Å². The Balaban J connectivity index is 1.67. The molecule has 4 heteroatoms. The maximum Gasteiger partial charge on any atom is 0.223 e. The van der Waals surface area contributed by atoms with Gasteiger partial charge in [-0.3, -0.25) is 9.69 Å². The first-order valence-electron chi connectivity index (χ1n) is 7.80. The first-order valence-corrected chi connectivity index (χ1v) is 7.80. The molecule has 2 aliphatic heterocycles. The van der Waals surface area contributed by atoms with Gasteiger partial charge in [0.15, 0.2) is 0 Å². The molecule has 2 rings (SSSR count). The SMILES string of the molecule is CC(C)N1CCN(C(=O)CCN2CC[C@H](C)C2)CC1. The Morgan fingerprint density at radius 3 is 2.37 bits per heavy atom. The maximum absolute atomic E-state index is 12.2. The summed E-state index contributed by atoms with van der Waals surface area (Å²) in [5.41, 5.74) is 0. The molecule has 0 aliphatic carbocycles. The van der Waals surface area contributed by atoms with E-state index in [9.17, 15) is 4.79 Å². The van der Waals surface area contributed by atoms with E-state index in [0.29, 0.717) is 18.4 Å². The molecule has 0 spiro atoms. The highest BCUT2D eigenvalue weighted by molar-refractivity contribution is 5.76. The van der Waals surface area contributed by atoms with E-state index in [4.69, 9.17) is 0 Å². The number of hydrogen-bond acceptors (Lipinski definition) is 3. The maximum atomic E-state index is 12.2. The number of rotatable bonds is 4. The average Bonchev–Trinajstić information content (AvgIpc) is 2.82. The van der Waals surface area contributed by atoms with Gasteiger partial charge in [-0.05, 0) is 32.7 Å². The quantitative estimate of drug-likeness (QED) is 0.767. The molecule has 2 aliphatic rings. The second kappa shape index (κ2) is 6.71. The largest absolute Gasteiger partial charge is 0.340 e. The molecular weight excluding hydrogens is 238 g/mol. The van der Waals surface area contributed by atoms with Gasteiger partial charge in [-0.25, -0.2) is 0 Å². The molecule has 0 saturated carbocycles. The summed E-state index contributed by atoms with van der Waals surface area (Å²) in [4.78, 5) is 19.1. The zero-order chi connectivity index (χ0) is 13.8. The molecule has 2 saturated heterocycles. The van der Waals surface area contributed by atoms with Gasteiger partial charge in [-0.15, -0.1) is 0 Å². The van der Waals surface area contributed by atoms with E-state index in [1.165, 1.54) is 19.5 Å². The fraction of sp³-hybridized carbons (Fsp3) is 0.933. The lowest BCUT2D eigenvalue weighted by Gasteiger charge is -2.37. The van der Waals surface area contributed by atoms with Crippen molar-refractivity contribution in [2.75, 3.05) is 45.8 Å². The molecule has 4 nitrogen and oxygen atoms in total. The minimum absolute atomic E-state index is 0.350. The number of piperazine rings is 1. The highest BCUT2D eigenvalue weighted by Crippen LogP contribution is 2.15. The molecule has 19 heavy (non-hydrogen) atoms. The number of likely N-dealkylation sites (tertiary alicyclic amines) is 1. The van der Waals surface area contributed by atoms with Crippen LogP contribution in [0.2, 0.25) is 0 Å². The van der Waals surface area contributed by atoms with Crippen molar-refractivity contribution < 1.29 is 4.79 Å². The van der Waals surface area contributed by atoms with E-state index in [1.54, 1.807) is 0 Å². The van der Waals surface area contributed by atoms with Crippen molar-refractivity contribution in [1.29, 1.82) is 0 Å². The van der Waals surface area contributed by atoms with Crippen LogP contribution in [0.1, 0.15) is 33.6 Å². The van der Waals surface area contributed by atoms with Gasteiger partial charge in [0.05, 0.1) is 0 Å². The number of carbonyl (C=O) groups is 1. The van der Waals surface area contributed by atoms with E-state index in [-0.39, 0.29) is 0 Å². The Kier molecular flexibility index (Phi) is 5.22. The van der Waals surface area contributed by atoms with Crippen LogP contribution in [0, 0.1) is 5.92 Å². The first kappa shape index (κ1) is 14.8. The zero-order valence-electron chi connectivity index (χ0n) is 12.8. The van der Waals surface area contributed by atoms with Crippen LogP contribution in [0.3, 0.4) is 0 Å². The van der Waals surface area contributed by atoms with Crippen molar-refractivity contribution in [2.45, 2.75) is 39.7 Å². The summed E-state index contributed by atoms with van der Waals surface area (Å²) in [6.45, 7) is 13.9. The lowest BCUT2D eigenvalue weighted by atomic mass is 10.2. The van der Waals surface area contributed by atoms with Crippen LogP contribution < -0.4 is 0 Å². The van der Waals surface area contributed by atoms with Crippen molar-refractivity contribution in [3.63, 3.8) is 0 Å². The third kappa shape index (κ3) is 4.18. The Hall–Kier alpha value is -0.610. The Bertz CT molecular complexity index is 298. The Labute approximate surface area is 117 Å². The third-order valence-electron chi connectivity index (χ3n) is 4.55. The molecule has 2 heterocycles. The normalized spacial score (nSPS) is 26.3. The molecular formula is C15H29N3O. The van der Waals surface area contributed by atoms with Crippen LogP contribution in [-0.4, -0.2) is 72.5 Å². The van der Waals surface area contributed by atoms with E-state index in [2.05, 4.69) is 35.5 Å². The second-order valence-corrected chi connectivity index (χ2v) is 6.45. The molecule has 0 aromatic carbocycles. The van der Waals surface area contributed by atoms with Crippen molar-refractivity contribution in [2.24, 2.45) is 5.92 Å². The lowest BCUT2D eigenvalue weighted by Crippen LogP contribution is -2.51. The first-order chi connectivity index (χ1) is 9.06. The Morgan fingerprint density at radius 1 is 1.16 bits per heavy atom. The van der Waals surface area contributed by atoms with E-state index >= 15 is 0 Å². The minimum atomic E-state index is 0.350. The van der Waals surface area contributed by atoms with Gasteiger partial charge in [0.25, 0.3) is 0 Å². The van der Waals surface area contributed by atoms with Gasteiger partial charge in [0.1, 0.15) is 0 Å². The highest BCUT2D eigenvalue weighted by Gasteiger charge is 2.24. The van der Waals surface area contributed by atoms with Gasteiger partial charge in [-0.1, -0.05) is 6.92 Å². The van der Waals surface area contributed by atoms with Crippen molar-refractivity contribution >= 4 is 5.91 Å². The summed E-state index contributed by atoms with van der Waals surface area (Å²) >= 11 is 0. The fourth-order valence-corrected chi connectivity index (χ4v) is 3.13. The molecule has 0 radical (unpaired) electrons. The molecule has 1 amide bonds. The third-order valence-corrected chi connectivity index (χ3v) is 4.55. The second-order valence-electron chi connectivity index (χ2n) is 6.45. The molecule has 0 unspecified atom stereocenters. The van der Waals surface area contributed by atoms with E-state index in [0.717, 1.165) is 38.6 Å². The van der Waals surface area contributed by atoms with Gasteiger partial charge in [-0.2, -0.15) is 0 Å². The van der Waals surface area contributed by atoms with Crippen molar-refractivity contribution in [1.82, 2.24) is 14.7 Å². The van der Waals surface area contributed by atoms with Crippen LogP contribution in [0.15, 0.2) is 0 Å². The van der Waals surface area contributed by atoms with Crippen LogP contribution in [0.5, 0.6) is 0 Å². The molecule has 0 aromatic heterocycles. The van der Waals surface area contributed by atoms with Gasteiger partial charge < -0.3 is 9.80 Å². The zero-order valence-corrected chi connectivity index (χ0v) is 12.8. The molecule has 0 N–H and O–H groups in total. The summed E-state index contributed by atoms with van der Waals surface area (Å²) in [5, 5.41) is 0. The van der Waals surface area contributed by atoms with Crippen molar-refractivity contribution in [3.05, 3.63) is 0 Å². The predicted octanol–water partition coefficient (Wildman–Crippen LogP) is 1.27. The summed E-state index contributed by atoms with van der Waals surface area (Å²) in [6.07, 6.45) is 2.00. The molecule has 2 fully saturated rings. The van der Waals surface area contributed by atoms with Crippen LogP contribution >= 0.6 is 0 Å². The molecule has 110 valence electrons. The predicted molar refractivity (Wildman–Crippen MR) is 78.1 cm³/mol. The van der Waals surface area contributed by atoms with Crippen LogP contribution in [0.25, 0.3) is 0 Å². The molecule has 0 aromatic rings. The number of hydrogen-bond donors (Lipinski definition) is 0. The summed E-state index contributed by atoms with van der Waals surface area (Å²) < 4.78 is 0. The summed E-state index contributed by atoms with van der Waals surface area (Å²) in [7, 11) is 0. The minimum Gasteiger partial charge on any atom is -0.340 e. The smallest absolute Gasteiger partial charge is 0.223 e. The topological polar surface area (TPSA) is 26.8 Å². The van der Waals surface area contributed by atoms with Crippen LogP contribution in [-0.2, 0) is 4.79 Å². The van der Waals surface area contributed by atoms with Crippen molar-refractivity contribution in [3.8, 4) is 0 Å². The number of carbonyl (C=O) groups excluding carboxylic acids is 1. The van der Waals surface area contributed by atoms with E-state index in [1.807, 2.05) is 0 Å². The monoisotopic (exact) mass is 267 g/mol. The number of nitrogens with zero attached hydrogens (tertiary/aromatic N) is 3. The summed E-state index contributed by atoms with van der Waals surface area (Å²) in [6, 6.07) is 0.600. The van der Waals surface area contributed by atoms with Gasteiger partial charge in [0.2, 0.25) is 5.91 Å². The Morgan fingerprint density at radius 2 is 1.84 bits per heavy atom. The average molecular weight is 267 g/mol. The van der Waals surface area contributed by atoms with Gasteiger partial charge >= 0.3 is 0 Å². The summed E-state index contributed by atoms with van der Waals surface area (Å²) in [5.74, 6) is 1.16. The van der Waals surface area contributed by atoms with E-state index < -0.39 is 0 Å². The lowest BCUT2D eigenvalue weighted by molar-refractivity contribution is -0.133. The fourth-order valence-electron chi connectivity index (χ4n) is 3.13. The highest BCUT2D eigenvalue weighted by atomic mass is 16.2. The standard InChI is InChI=1S/C15H29N3O/c1-13(2)17-8-10-18(11-9-17)15(19)5-7-16-6-4-14(3)12-16/h13-14H,4-12H2,1-3H3/t14-/m0/s1. The molecule has 0 bridgehead atoms. The van der Waals surface area contributed by atoms with Gasteiger partial charge in [0, 0.05) is 51.7 Å². The molecule has 1 atom stereocenters.